The van der Waals surface area contributed by atoms with Gasteiger partial charge in [-0.15, -0.1) is 0 Å². The number of aryl methyl sites for hydroxylation is 1. The van der Waals surface area contributed by atoms with Gasteiger partial charge in [0.1, 0.15) is 17.1 Å². The maximum atomic E-state index is 12.0. The number of hydrogen-bond acceptors (Lipinski definition) is 4. The zero-order valence-electron chi connectivity index (χ0n) is 11.7. The molecule has 0 spiro atoms. The maximum Gasteiger partial charge on any atom is 0.339 e. The van der Waals surface area contributed by atoms with Crippen LogP contribution in [-0.4, -0.2) is 27.8 Å². The molecular weight excluding hydrogens is 262 g/mol. The molecule has 1 aliphatic rings. The van der Waals surface area contributed by atoms with E-state index in [2.05, 4.69) is 0 Å². The van der Waals surface area contributed by atoms with Crippen LogP contribution in [0.15, 0.2) is 10.5 Å². The Balaban J connectivity index is 2.18. The van der Waals surface area contributed by atoms with E-state index in [0.29, 0.717) is 18.6 Å². The number of hydrogen-bond donors (Lipinski definition) is 1. The van der Waals surface area contributed by atoms with Crippen LogP contribution in [0.2, 0.25) is 0 Å². The number of carbonyl (C=O) groups excluding carboxylic acids is 2. The molecule has 1 aromatic rings. The van der Waals surface area contributed by atoms with Crippen LogP contribution in [0.25, 0.3) is 0 Å². The SMILES string of the molecule is Cc1oc(CN2C(=O)CC(C)(C)CC2=O)cc1C(=O)O. The number of nitrogens with zero attached hydrogens (tertiary/aromatic N) is 1. The monoisotopic (exact) mass is 279 g/mol. The van der Waals surface area contributed by atoms with Crippen molar-refractivity contribution in [1.29, 1.82) is 0 Å². The lowest BCUT2D eigenvalue weighted by Gasteiger charge is -2.34. The Labute approximate surface area is 116 Å². The smallest absolute Gasteiger partial charge is 0.339 e. The van der Waals surface area contributed by atoms with E-state index in [1.165, 1.54) is 13.0 Å². The molecular formula is C14H17NO5. The van der Waals surface area contributed by atoms with E-state index in [-0.39, 0.29) is 35.1 Å². The number of likely N-dealkylation sites (tertiary alicyclic amines) is 1. The number of piperidine rings is 1. The Morgan fingerprint density at radius 2 is 1.90 bits per heavy atom. The van der Waals surface area contributed by atoms with Gasteiger partial charge in [-0.3, -0.25) is 14.5 Å². The molecule has 6 nitrogen and oxygen atoms in total. The van der Waals surface area contributed by atoms with E-state index in [0.717, 1.165) is 4.90 Å². The van der Waals surface area contributed by atoms with Gasteiger partial charge in [0.25, 0.3) is 0 Å². The average Bonchev–Trinajstić information content (AvgIpc) is 2.64. The van der Waals surface area contributed by atoms with Crippen LogP contribution in [0.5, 0.6) is 0 Å². The first kappa shape index (κ1) is 14.3. The van der Waals surface area contributed by atoms with E-state index in [4.69, 9.17) is 9.52 Å². The highest BCUT2D eigenvalue weighted by Crippen LogP contribution is 2.32. The molecule has 0 aliphatic carbocycles. The molecule has 2 heterocycles. The summed E-state index contributed by atoms with van der Waals surface area (Å²) in [7, 11) is 0. The van der Waals surface area contributed by atoms with Crippen LogP contribution < -0.4 is 0 Å². The molecule has 108 valence electrons. The minimum atomic E-state index is -1.09. The molecule has 0 atom stereocenters. The van der Waals surface area contributed by atoms with Gasteiger partial charge in [-0.1, -0.05) is 13.8 Å². The molecule has 1 aliphatic heterocycles. The van der Waals surface area contributed by atoms with Crippen molar-refractivity contribution in [3.8, 4) is 0 Å². The second-order valence-corrected chi connectivity index (χ2v) is 5.88. The number of carboxylic acid groups (broad SMARTS) is 1. The number of furan rings is 1. The predicted octanol–water partition coefficient (Wildman–Crippen LogP) is 1.96. The minimum Gasteiger partial charge on any atom is -0.478 e. The highest BCUT2D eigenvalue weighted by molar-refractivity contribution is 5.98. The third-order valence-corrected chi connectivity index (χ3v) is 3.37. The number of imide groups is 1. The third kappa shape index (κ3) is 2.74. The van der Waals surface area contributed by atoms with Crippen LogP contribution in [0.4, 0.5) is 0 Å². The Morgan fingerprint density at radius 3 is 2.35 bits per heavy atom. The fourth-order valence-corrected chi connectivity index (χ4v) is 2.38. The van der Waals surface area contributed by atoms with Crippen LogP contribution in [0, 0.1) is 12.3 Å². The Morgan fingerprint density at radius 1 is 1.35 bits per heavy atom. The average molecular weight is 279 g/mol. The number of amides is 2. The predicted molar refractivity (Wildman–Crippen MR) is 69.0 cm³/mol. The number of rotatable bonds is 3. The van der Waals surface area contributed by atoms with Gasteiger partial charge in [0.2, 0.25) is 11.8 Å². The molecule has 0 saturated carbocycles. The third-order valence-electron chi connectivity index (χ3n) is 3.37. The second kappa shape index (κ2) is 4.77. The van der Waals surface area contributed by atoms with E-state index < -0.39 is 5.97 Å². The fourth-order valence-electron chi connectivity index (χ4n) is 2.38. The van der Waals surface area contributed by atoms with Gasteiger partial charge in [0.05, 0.1) is 6.54 Å². The van der Waals surface area contributed by atoms with Crippen molar-refractivity contribution in [3.05, 3.63) is 23.2 Å². The zero-order chi connectivity index (χ0) is 15.1. The van der Waals surface area contributed by atoms with Crippen molar-refractivity contribution >= 4 is 17.8 Å². The molecule has 1 saturated heterocycles. The first-order valence-corrected chi connectivity index (χ1v) is 6.35. The molecule has 1 N–H and O–H groups in total. The fraction of sp³-hybridized carbons (Fsp3) is 0.500. The highest BCUT2D eigenvalue weighted by Gasteiger charge is 2.37. The summed E-state index contributed by atoms with van der Waals surface area (Å²) in [5, 5.41) is 8.95. The van der Waals surface area contributed by atoms with Crippen molar-refractivity contribution in [2.75, 3.05) is 0 Å². The molecule has 0 unspecified atom stereocenters. The lowest BCUT2D eigenvalue weighted by Crippen LogP contribution is -2.45. The van der Waals surface area contributed by atoms with Crippen molar-refractivity contribution in [1.82, 2.24) is 4.90 Å². The molecule has 6 heteroatoms. The molecule has 0 aromatic carbocycles. The maximum absolute atomic E-state index is 12.0. The van der Waals surface area contributed by atoms with E-state index in [1.807, 2.05) is 13.8 Å². The number of carboxylic acids is 1. The lowest BCUT2D eigenvalue weighted by atomic mass is 9.82. The van der Waals surface area contributed by atoms with Gasteiger partial charge in [-0.25, -0.2) is 4.79 Å². The van der Waals surface area contributed by atoms with E-state index in [9.17, 15) is 14.4 Å². The topological polar surface area (TPSA) is 87.8 Å². The molecule has 2 rings (SSSR count). The van der Waals surface area contributed by atoms with Gasteiger partial charge in [-0.05, 0) is 18.4 Å². The summed E-state index contributed by atoms with van der Waals surface area (Å²) in [4.78, 5) is 36.1. The second-order valence-electron chi connectivity index (χ2n) is 5.88. The largest absolute Gasteiger partial charge is 0.478 e. The first-order valence-electron chi connectivity index (χ1n) is 6.35. The quantitative estimate of drug-likeness (QED) is 0.854. The van der Waals surface area contributed by atoms with E-state index >= 15 is 0 Å². The molecule has 1 fully saturated rings. The summed E-state index contributed by atoms with van der Waals surface area (Å²) in [5.41, 5.74) is -0.270. The lowest BCUT2D eigenvalue weighted by molar-refractivity contribution is -0.153. The zero-order valence-corrected chi connectivity index (χ0v) is 11.7. The van der Waals surface area contributed by atoms with Crippen molar-refractivity contribution in [2.24, 2.45) is 5.41 Å². The molecule has 0 bridgehead atoms. The summed E-state index contributed by atoms with van der Waals surface area (Å²) in [5.74, 6) is -1.02. The molecule has 0 radical (unpaired) electrons. The molecule has 2 amide bonds. The number of carbonyl (C=O) groups is 3. The van der Waals surface area contributed by atoms with Crippen LogP contribution in [-0.2, 0) is 16.1 Å². The van der Waals surface area contributed by atoms with Crippen molar-refractivity contribution in [3.63, 3.8) is 0 Å². The summed E-state index contributed by atoms with van der Waals surface area (Å²) < 4.78 is 5.30. The van der Waals surface area contributed by atoms with Gasteiger partial charge < -0.3 is 9.52 Å². The Bertz CT molecular complexity index is 564. The van der Waals surface area contributed by atoms with Gasteiger partial charge >= 0.3 is 5.97 Å². The Kier molecular flexibility index (Phi) is 3.41. The molecule has 1 aromatic heterocycles. The molecule has 20 heavy (non-hydrogen) atoms. The van der Waals surface area contributed by atoms with Gasteiger partial charge in [0.15, 0.2) is 0 Å². The standard InChI is InChI=1S/C14H17NO5/c1-8-10(13(18)19)4-9(20-8)7-15-11(16)5-14(2,3)6-12(15)17/h4H,5-7H2,1-3H3,(H,18,19). The van der Waals surface area contributed by atoms with E-state index in [1.54, 1.807) is 0 Å². The summed E-state index contributed by atoms with van der Waals surface area (Å²) >= 11 is 0. The normalized spacial score (nSPS) is 18.4. The summed E-state index contributed by atoms with van der Waals surface area (Å²) in [6.45, 7) is 5.28. The van der Waals surface area contributed by atoms with Crippen LogP contribution in [0.3, 0.4) is 0 Å². The van der Waals surface area contributed by atoms with Crippen LogP contribution >= 0.6 is 0 Å². The minimum absolute atomic E-state index is 0.0120. The summed E-state index contributed by atoms with van der Waals surface area (Å²) in [6, 6.07) is 1.36. The summed E-state index contributed by atoms with van der Waals surface area (Å²) in [6.07, 6.45) is 0.592. The van der Waals surface area contributed by atoms with Crippen molar-refractivity contribution in [2.45, 2.75) is 40.2 Å². The van der Waals surface area contributed by atoms with Crippen LogP contribution in [0.1, 0.15) is 48.6 Å². The van der Waals surface area contributed by atoms with Crippen molar-refractivity contribution < 1.29 is 23.9 Å². The first-order chi connectivity index (χ1) is 9.19. The highest BCUT2D eigenvalue weighted by atomic mass is 16.4. The Hall–Kier alpha value is -2.11. The van der Waals surface area contributed by atoms with Gasteiger partial charge in [0, 0.05) is 12.8 Å². The number of aromatic carboxylic acids is 1. The van der Waals surface area contributed by atoms with Gasteiger partial charge in [-0.2, -0.15) is 0 Å².